The van der Waals surface area contributed by atoms with E-state index in [2.05, 4.69) is 9.72 Å². The molecular weight excluding hydrogens is 384 g/mol. The lowest BCUT2D eigenvalue weighted by atomic mass is 10.2. The quantitative estimate of drug-likeness (QED) is 0.569. The minimum absolute atomic E-state index is 0.0310. The maximum atomic E-state index is 12.5. The first kappa shape index (κ1) is 20.2. The summed E-state index contributed by atoms with van der Waals surface area (Å²) in [4.78, 5) is 20.6. The SMILES string of the molecule is CN(CC(=O)N(C)Cc1ccc(OC(F)F)cc1)Cc1nc2ccccc2s1. The van der Waals surface area contributed by atoms with Crippen molar-refractivity contribution in [1.29, 1.82) is 0 Å². The molecule has 1 heterocycles. The fourth-order valence-corrected chi connectivity index (χ4v) is 3.81. The van der Waals surface area contributed by atoms with Crippen LogP contribution in [0.5, 0.6) is 5.75 Å². The van der Waals surface area contributed by atoms with Crippen LogP contribution < -0.4 is 4.74 Å². The number of nitrogens with zero attached hydrogens (tertiary/aromatic N) is 3. The first-order chi connectivity index (χ1) is 13.4. The maximum Gasteiger partial charge on any atom is 0.387 e. The third-order valence-corrected chi connectivity index (χ3v) is 5.16. The Kier molecular flexibility index (Phi) is 6.53. The van der Waals surface area contributed by atoms with E-state index in [4.69, 9.17) is 0 Å². The topological polar surface area (TPSA) is 45.7 Å². The van der Waals surface area contributed by atoms with Crippen molar-refractivity contribution in [3.63, 3.8) is 0 Å². The molecule has 0 aliphatic heterocycles. The summed E-state index contributed by atoms with van der Waals surface area (Å²) < 4.78 is 29.8. The smallest absolute Gasteiger partial charge is 0.387 e. The van der Waals surface area contributed by atoms with Crippen molar-refractivity contribution in [2.24, 2.45) is 0 Å². The summed E-state index contributed by atoms with van der Waals surface area (Å²) in [6.07, 6.45) is 0. The monoisotopic (exact) mass is 405 g/mol. The molecule has 3 aromatic rings. The van der Waals surface area contributed by atoms with Crippen molar-refractivity contribution in [2.75, 3.05) is 20.6 Å². The number of likely N-dealkylation sites (N-methyl/N-ethyl adjacent to an activating group) is 2. The van der Waals surface area contributed by atoms with Crippen molar-refractivity contribution in [1.82, 2.24) is 14.8 Å². The average molecular weight is 405 g/mol. The summed E-state index contributed by atoms with van der Waals surface area (Å²) in [7, 11) is 3.60. The first-order valence-electron chi connectivity index (χ1n) is 8.71. The van der Waals surface area contributed by atoms with Gasteiger partial charge in [-0.3, -0.25) is 9.69 Å². The Balaban J connectivity index is 1.51. The highest BCUT2D eigenvalue weighted by Gasteiger charge is 2.14. The number of hydrogen-bond donors (Lipinski definition) is 0. The molecule has 0 aliphatic rings. The summed E-state index contributed by atoms with van der Waals surface area (Å²) in [6.45, 7) is -1.60. The van der Waals surface area contributed by atoms with Crippen molar-refractivity contribution >= 4 is 27.5 Å². The molecule has 148 valence electrons. The second-order valence-electron chi connectivity index (χ2n) is 6.52. The molecule has 5 nitrogen and oxygen atoms in total. The van der Waals surface area contributed by atoms with Crippen LogP contribution >= 0.6 is 11.3 Å². The standard InChI is InChI=1S/C20H21F2N3O2S/c1-24(12-18-23-16-5-3-4-6-17(16)28-18)13-19(26)25(2)11-14-7-9-15(10-8-14)27-20(21)22/h3-10,20H,11-13H2,1-2H3. The third kappa shape index (κ3) is 5.46. The summed E-state index contributed by atoms with van der Waals surface area (Å²) in [5.41, 5.74) is 1.81. The Morgan fingerprint density at radius 1 is 1.11 bits per heavy atom. The van der Waals surface area contributed by atoms with Crippen LogP contribution in [0.3, 0.4) is 0 Å². The highest BCUT2D eigenvalue weighted by Crippen LogP contribution is 2.22. The van der Waals surface area contributed by atoms with Gasteiger partial charge in [-0.2, -0.15) is 8.78 Å². The highest BCUT2D eigenvalue weighted by atomic mass is 32.1. The third-order valence-electron chi connectivity index (χ3n) is 4.14. The number of thiazole rings is 1. The predicted octanol–water partition coefficient (Wildman–Crippen LogP) is 3.99. The van der Waals surface area contributed by atoms with Gasteiger partial charge in [0, 0.05) is 13.6 Å². The number of benzene rings is 2. The number of fused-ring (bicyclic) bond motifs is 1. The lowest BCUT2D eigenvalue weighted by molar-refractivity contribution is -0.131. The molecule has 0 unspecified atom stereocenters. The molecule has 2 aromatic carbocycles. The molecular formula is C20H21F2N3O2S. The Labute approximate surface area is 166 Å². The van der Waals surface area contributed by atoms with Crippen LogP contribution in [0.2, 0.25) is 0 Å². The molecule has 0 atom stereocenters. The van der Waals surface area contributed by atoms with Crippen LogP contribution in [0.15, 0.2) is 48.5 Å². The van der Waals surface area contributed by atoms with Gasteiger partial charge in [-0.25, -0.2) is 4.98 Å². The Morgan fingerprint density at radius 3 is 2.50 bits per heavy atom. The van der Waals surface area contributed by atoms with E-state index in [1.165, 1.54) is 12.1 Å². The molecule has 0 spiro atoms. The van der Waals surface area contributed by atoms with Crippen molar-refractivity contribution in [3.05, 3.63) is 59.1 Å². The van der Waals surface area contributed by atoms with Gasteiger partial charge in [-0.15, -0.1) is 11.3 Å². The number of hydrogen-bond acceptors (Lipinski definition) is 5. The number of alkyl halides is 2. The fraction of sp³-hybridized carbons (Fsp3) is 0.300. The van der Waals surface area contributed by atoms with E-state index < -0.39 is 6.61 Å². The number of carbonyl (C=O) groups is 1. The summed E-state index contributed by atoms with van der Waals surface area (Å²) in [6, 6.07) is 14.2. The first-order valence-corrected chi connectivity index (χ1v) is 9.53. The number of ether oxygens (including phenoxy) is 1. The zero-order valence-electron chi connectivity index (χ0n) is 15.6. The largest absolute Gasteiger partial charge is 0.435 e. The van der Waals surface area contributed by atoms with Gasteiger partial charge in [0.15, 0.2) is 0 Å². The highest BCUT2D eigenvalue weighted by molar-refractivity contribution is 7.18. The average Bonchev–Trinajstić information content (AvgIpc) is 3.04. The van der Waals surface area contributed by atoms with Crippen LogP contribution in [0.4, 0.5) is 8.78 Å². The van der Waals surface area contributed by atoms with Crippen molar-refractivity contribution in [3.8, 4) is 5.75 Å². The van der Waals surface area contributed by atoms with Crippen LogP contribution in [-0.4, -0.2) is 47.9 Å². The molecule has 3 rings (SSSR count). The lowest BCUT2D eigenvalue weighted by Crippen LogP contribution is -2.36. The van der Waals surface area contributed by atoms with Crippen molar-refractivity contribution in [2.45, 2.75) is 19.7 Å². The Bertz CT molecular complexity index is 898. The van der Waals surface area contributed by atoms with E-state index in [1.807, 2.05) is 36.2 Å². The second-order valence-corrected chi connectivity index (χ2v) is 7.64. The summed E-state index contributed by atoms with van der Waals surface area (Å²) in [5.74, 6) is 0.0693. The van der Waals surface area contributed by atoms with Gasteiger partial charge in [0.05, 0.1) is 23.3 Å². The van der Waals surface area contributed by atoms with E-state index in [0.717, 1.165) is 20.8 Å². The summed E-state index contributed by atoms with van der Waals surface area (Å²) >= 11 is 1.63. The van der Waals surface area contributed by atoms with Gasteiger partial charge < -0.3 is 9.64 Å². The number of carbonyl (C=O) groups excluding carboxylic acids is 1. The zero-order valence-corrected chi connectivity index (χ0v) is 16.5. The van der Waals surface area contributed by atoms with Crippen molar-refractivity contribution < 1.29 is 18.3 Å². The molecule has 1 aromatic heterocycles. The van der Waals surface area contributed by atoms with E-state index in [0.29, 0.717) is 13.1 Å². The fourth-order valence-electron chi connectivity index (χ4n) is 2.76. The van der Waals surface area contributed by atoms with Gasteiger partial charge >= 0.3 is 6.61 Å². The molecule has 28 heavy (non-hydrogen) atoms. The van der Waals surface area contributed by atoms with Crippen LogP contribution in [0.1, 0.15) is 10.6 Å². The van der Waals surface area contributed by atoms with Crippen LogP contribution in [0.25, 0.3) is 10.2 Å². The number of rotatable bonds is 8. The molecule has 0 saturated heterocycles. The minimum Gasteiger partial charge on any atom is -0.435 e. The molecule has 0 bridgehead atoms. The Hall–Kier alpha value is -2.58. The number of aromatic nitrogens is 1. The number of amides is 1. The number of halogens is 2. The number of para-hydroxylation sites is 1. The van der Waals surface area contributed by atoms with Gasteiger partial charge in [-0.05, 0) is 36.9 Å². The summed E-state index contributed by atoms with van der Waals surface area (Å²) in [5, 5.41) is 0.966. The van der Waals surface area contributed by atoms with E-state index in [9.17, 15) is 13.6 Å². The van der Waals surface area contributed by atoms with E-state index in [1.54, 1.807) is 35.4 Å². The molecule has 0 aliphatic carbocycles. The van der Waals surface area contributed by atoms with Gasteiger partial charge in [-0.1, -0.05) is 24.3 Å². The molecule has 8 heteroatoms. The molecule has 1 amide bonds. The van der Waals surface area contributed by atoms with Crippen LogP contribution in [0, 0.1) is 0 Å². The zero-order chi connectivity index (χ0) is 20.1. The van der Waals surface area contributed by atoms with E-state index in [-0.39, 0.29) is 18.2 Å². The molecule has 0 N–H and O–H groups in total. The van der Waals surface area contributed by atoms with E-state index >= 15 is 0 Å². The second kappa shape index (κ2) is 9.07. The maximum absolute atomic E-state index is 12.5. The molecule has 0 saturated carbocycles. The molecule has 0 radical (unpaired) electrons. The normalized spacial score (nSPS) is 11.4. The van der Waals surface area contributed by atoms with Gasteiger partial charge in [0.2, 0.25) is 5.91 Å². The Morgan fingerprint density at radius 2 is 1.82 bits per heavy atom. The van der Waals surface area contributed by atoms with Crippen LogP contribution in [-0.2, 0) is 17.9 Å². The molecule has 0 fully saturated rings. The lowest BCUT2D eigenvalue weighted by Gasteiger charge is -2.21. The minimum atomic E-state index is -2.85. The van der Waals surface area contributed by atoms with Gasteiger partial charge in [0.1, 0.15) is 10.8 Å². The predicted molar refractivity (Wildman–Crippen MR) is 106 cm³/mol. The van der Waals surface area contributed by atoms with Gasteiger partial charge in [0.25, 0.3) is 0 Å².